The van der Waals surface area contributed by atoms with E-state index in [1.807, 2.05) is 17.5 Å². The first-order chi connectivity index (χ1) is 11.1. The van der Waals surface area contributed by atoms with Gasteiger partial charge in [-0.3, -0.25) is 4.99 Å². The fourth-order valence-corrected chi connectivity index (χ4v) is 2.97. The van der Waals surface area contributed by atoms with Gasteiger partial charge in [-0.25, -0.2) is 4.98 Å². The van der Waals surface area contributed by atoms with Gasteiger partial charge in [-0.2, -0.15) is 0 Å². The van der Waals surface area contributed by atoms with Gasteiger partial charge in [0.1, 0.15) is 0 Å². The molecule has 1 heterocycles. The van der Waals surface area contributed by atoms with Crippen LogP contribution in [0.15, 0.2) is 11.2 Å². The van der Waals surface area contributed by atoms with Crippen LogP contribution in [-0.4, -0.2) is 55.1 Å². The van der Waals surface area contributed by atoms with Gasteiger partial charge in [0.05, 0.1) is 11.6 Å². The van der Waals surface area contributed by atoms with Crippen LogP contribution in [0.2, 0.25) is 0 Å². The monoisotopic (exact) mass is 339 g/mol. The summed E-state index contributed by atoms with van der Waals surface area (Å²) in [6.45, 7) is 12.3. The molecule has 0 amide bonds. The Kier molecular flexibility index (Phi) is 9.87. The number of hydrogen-bond donors (Lipinski definition) is 2. The van der Waals surface area contributed by atoms with E-state index < -0.39 is 0 Å². The highest BCUT2D eigenvalue weighted by atomic mass is 32.1. The minimum absolute atomic E-state index is 0.610. The van der Waals surface area contributed by atoms with E-state index in [4.69, 9.17) is 0 Å². The number of aliphatic imine (C=N–C) groups is 1. The second kappa shape index (κ2) is 11.4. The van der Waals surface area contributed by atoms with E-state index in [1.54, 1.807) is 0 Å². The van der Waals surface area contributed by atoms with E-state index in [2.05, 4.69) is 60.3 Å². The van der Waals surface area contributed by atoms with Crippen LogP contribution in [0, 0.1) is 0 Å². The van der Waals surface area contributed by atoms with E-state index in [1.165, 1.54) is 16.3 Å². The lowest BCUT2D eigenvalue weighted by Crippen LogP contribution is -2.39. The minimum atomic E-state index is 0.610. The Morgan fingerprint density at radius 1 is 1.35 bits per heavy atom. The number of nitrogens with one attached hydrogen (secondary N) is 2. The van der Waals surface area contributed by atoms with Gasteiger partial charge in [0.15, 0.2) is 5.96 Å². The molecule has 6 heteroatoms. The minimum Gasteiger partial charge on any atom is -0.357 e. The molecule has 0 aliphatic heterocycles. The Morgan fingerprint density at radius 2 is 2.13 bits per heavy atom. The normalized spacial score (nSPS) is 13.4. The molecule has 0 saturated heterocycles. The van der Waals surface area contributed by atoms with Crippen molar-refractivity contribution in [1.29, 1.82) is 0 Å². The Labute approximate surface area is 145 Å². The maximum atomic E-state index is 4.66. The molecule has 0 radical (unpaired) electrons. The molecule has 0 saturated carbocycles. The summed E-state index contributed by atoms with van der Waals surface area (Å²) >= 11 is 1.81. The average Bonchev–Trinajstić information content (AvgIpc) is 3.01. The Bertz CT molecular complexity index is 458. The number of rotatable bonds is 10. The first-order valence-corrected chi connectivity index (χ1v) is 9.58. The van der Waals surface area contributed by atoms with Crippen LogP contribution >= 0.6 is 11.3 Å². The summed E-state index contributed by atoms with van der Waals surface area (Å²) in [6, 6.07) is 0.610. The predicted octanol–water partition coefficient (Wildman–Crippen LogP) is 2.53. The van der Waals surface area contributed by atoms with Gasteiger partial charge in [0, 0.05) is 43.2 Å². The highest BCUT2D eigenvalue weighted by Gasteiger charge is 2.06. The molecule has 5 nitrogen and oxygen atoms in total. The van der Waals surface area contributed by atoms with Crippen molar-refractivity contribution in [3.8, 4) is 0 Å². The van der Waals surface area contributed by atoms with Crippen molar-refractivity contribution < 1.29 is 0 Å². The molecule has 1 aromatic heterocycles. The Morgan fingerprint density at radius 3 is 2.74 bits per heavy atom. The summed E-state index contributed by atoms with van der Waals surface area (Å²) in [5, 5.41) is 7.90. The van der Waals surface area contributed by atoms with Gasteiger partial charge >= 0.3 is 0 Å². The van der Waals surface area contributed by atoms with E-state index in [0.29, 0.717) is 6.04 Å². The fraction of sp³-hybridized carbons (Fsp3) is 0.765. The van der Waals surface area contributed by atoms with Crippen molar-refractivity contribution in [2.45, 2.75) is 53.0 Å². The van der Waals surface area contributed by atoms with E-state index in [0.717, 1.165) is 45.0 Å². The summed E-state index contributed by atoms with van der Waals surface area (Å²) in [6.07, 6.45) is 5.18. The van der Waals surface area contributed by atoms with E-state index >= 15 is 0 Å². The molecule has 1 rings (SSSR count). The molecule has 23 heavy (non-hydrogen) atoms. The van der Waals surface area contributed by atoms with Crippen molar-refractivity contribution >= 4 is 17.3 Å². The number of thiazole rings is 1. The lowest BCUT2D eigenvalue weighted by molar-refractivity contribution is 0.259. The third-order valence-corrected chi connectivity index (χ3v) is 5.19. The van der Waals surface area contributed by atoms with Crippen LogP contribution in [0.5, 0.6) is 0 Å². The van der Waals surface area contributed by atoms with Gasteiger partial charge in [0.2, 0.25) is 0 Å². The van der Waals surface area contributed by atoms with Crippen LogP contribution in [0.25, 0.3) is 0 Å². The zero-order chi connectivity index (χ0) is 17.1. The second-order valence-electron chi connectivity index (χ2n) is 5.75. The van der Waals surface area contributed by atoms with E-state index in [-0.39, 0.29) is 0 Å². The molecule has 0 spiro atoms. The quantitative estimate of drug-likeness (QED) is 0.508. The predicted molar refractivity (Wildman–Crippen MR) is 102 cm³/mol. The van der Waals surface area contributed by atoms with Crippen LogP contribution in [0.4, 0.5) is 0 Å². The van der Waals surface area contributed by atoms with Crippen LogP contribution < -0.4 is 10.6 Å². The molecule has 0 fully saturated rings. The van der Waals surface area contributed by atoms with Crippen LogP contribution in [0.3, 0.4) is 0 Å². The summed E-state index contributed by atoms with van der Waals surface area (Å²) in [4.78, 5) is 12.8. The maximum Gasteiger partial charge on any atom is 0.191 e. The van der Waals surface area contributed by atoms with Crippen molar-refractivity contribution in [2.75, 3.05) is 33.2 Å². The van der Waals surface area contributed by atoms with Crippen molar-refractivity contribution in [2.24, 2.45) is 4.99 Å². The number of aryl methyl sites for hydroxylation is 1. The third-order valence-electron chi connectivity index (χ3n) is 3.99. The standard InChI is InChI=1S/C17H33N5S/c1-6-14(4)22(5)12-11-20-17(18-8-3)19-10-9-16-21-13-15(7-2)23-16/h13-14H,6-12H2,1-5H3,(H2,18,19,20). The molecule has 0 aliphatic rings. The lowest BCUT2D eigenvalue weighted by Gasteiger charge is -2.22. The molecular weight excluding hydrogens is 306 g/mol. The molecule has 1 atom stereocenters. The van der Waals surface area contributed by atoms with Gasteiger partial charge in [0.25, 0.3) is 0 Å². The first-order valence-electron chi connectivity index (χ1n) is 8.76. The number of guanidine groups is 1. The van der Waals surface area contributed by atoms with Gasteiger partial charge in [-0.15, -0.1) is 11.3 Å². The number of nitrogens with zero attached hydrogens (tertiary/aromatic N) is 3. The summed E-state index contributed by atoms with van der Waals surface area (Å²) in [7, 11) is 2.16. The van der Waals surface area contributed by atoms with Gasteiger partial charge < -0.3 is 15.5 Å². The van der Waals surface area contributed by atoms with Gasteiger partial charge in [-0.05, 0) is 33.7 Å². The Hall–Kier alpha value is -1.14. The molecule has 1 unspecified atom stereocenters. The second-order valence-corrected chi connectivity index (χ2v) is 6.95. The van der Waals surface area contributed by atoms with Gasteiger partial charge in [-0.1, -0.05) is 13.8 Å². The SMILES string of the molecule is CCNC(=NCCN(C)C(C)CC)NCCc1ncc(CC)s1. The summed E-state index contributed by atoms with van der Waals surface area (Å²) < 4.78 is 0. The molecule has 0 aromatic carbocycles. The highest BCUT2D eigenvalue weighted by molar-refractivity contribution is 7.11. The number of likely N-dealkylation sites (N-methyl/N-ethyl adjacent to an activating group) is 1. The average molecular weight is 340 g/mol. The van der Waals surface area contributed by atoms with Crippen LogP contribution in [0.1, 0.15) is 44.0 Å². The zero-order valence-electron chi connectivity index (χ0n) is 15.4. The smallest absolute Gasteiger partial charge is 0.191 e. The number of hydrogen-bond acceptors (Lipinski definition) is 4. The first kappa shape index (κ1) is 19.9. The molecule has 132 valence electrons. The molecule has 2 N–H and O–H groups in total. The maximum absolute atomic E-state index is 4.66. The summed E-state index contributed by atoms with van der Waals surface area (Å²) in [5.74, 6) is 0.900. The van der Waals surface area contributed by atoms with Crippen molar-refractivity contribution in [3.63, 3.8) is 0 Å². The molecular formula is C17H33N5S. The molecule has 0 aliphatic carbocycles. The zero-order valence-corrected chi connectivity index (χ0v) is 16.2. The topological polar surface area (TPSA) is 52.6 Å². The molecule has 0 bridgehead atoms. The lowest BCUT2D eigenvalue weighted by atomic mass is 10.2. The van der Waals surface area contributed by atoms with Crippen LogP contribution in [-0.2, 0) is 12.8 Å². The molecule has 1 aromatic rings. The summed E-state index contributed by atoms with van der Waals surface area (Å²) in [5.41, 5.74) is 0. The van der Waals surface area contributed by atoms with Crippen molar-refractivity contribution in [1.82, 2.24) is 20.5 Å². The Balaban J connectivity index is 2.36. The third kappa shape index (κ3) is 7.79. The highest BCUT2D eigenvalue weighted by Crippen LogP contribution is 2.13. The fourth-order valence-electron chi connectivity index (χ4n) is 2.11. The largest absolute Gasteiger partial charge is 0.357 e. The van der Waals surface area contributed by atoms with E-state index in [9.17, 15) is 0 Å². The number of aromatic nitrogens is 1. The van der Waals surface area contributed by atoms with Crippen molar-refractivity contribution in [3.05, 3.63) is 16.1 Å².